The van der Waals surface area contributed by atoms with Gasteiger partial charge in [-0.2, -0.15) is 0 Å². The molecular formula is C22H18FNO3. The molecule has 5 rings (SSSR count). The second-order valence-electron chi connectivity index (χ2n) is 7.15. The van der Waals surface area contributed by atoms with Crippen molar-refractivity contribution in [3.8, 4) is 5.75 Å². The number of carbonyl (C=O) groups is 1. The summed E-state index contributed by atoms with van der Waals surface area (Å²) in [6.07, 6.45) is 0.651. The fraction of sp³-hybridized carbons (Fsp3) is 0.227. The average molecular weight is 363 g/mol. The van der Waals surface area contributed by atoms with Gasteiger partial charge in [0, 0.05) is 23.2 Å². The first-order chi connectivity index (χ1) is 13.1. The largest absolute Gasteiger partial charge is 0.497 e. The minimum absolute atomic E-state index is 0.281. The van der Waals surface area contributed by atoms with Crippen molar-refractivity contribution in [2.24, 2.45) is 0 Å². The molecule has 0 saturated carbocycles. The highest BCUT2D eigenvalue weighted by Crippen LogP contribution is 2.47. The quantitative estimate of drug-likeness (QED) is 0.696. The molecule has 5 heteroatoms. The number of halogens is 1. The molecule has 1 aromatic heterocycles. The summed E-state index contributed by atoms with van der Waals surface area (Å²) in [5.41, 5.74) is 6.02. The molecule has 2 aromatic carbocycles. The number of nitrogens with one attached hydrogen (secondary N) is 1. The molecule has 1 aliphatic carbocycles. The number of ether oxygens (including phenoxy) is 2. The number of cyclic esters (lactones) is 1. The van der Waals surface area contributed by atoms with E-state index in [4.69, 9.17) is 9.47 Å². The van der Waals surface area contributed by atoms with Gasteiger partial charge >= 0.3 is 5.97 Å². The molecule has 27 heavy (non-hydrogen) atoms. The molecule has 0 fully saturated rings. The van der Waals surface area contributed by atoms with Gasteiger partial charge in [0.2, 0.25) is 0 Å². The van der Waals surface area contributed by atoms with Gasteiger partial charge in [0.1, 0.15) is 18.2 Å². The zero-order valence-electron chi connectivity index (χ0n) is 15.1. The summed E-state index contributed by atoms with van der Waals surface area (Å²) < 4.78 is 25.5. The minimum atomic E-state index is -0.494. The number of hydrogen-bond donors (Lipinski definition) is 1. The van der Waals surface area contributed by atoms with Gasteiger partial charge in [-0.25, -0.2) is 9.18 Å². The first-order valence-electron chi connectivity index (χ1n) is 8.90. The van der Waals surface area contributed by atoms with Crippen molar-refractivity contribution in [1.29, 1.82) is 0 Å². The Hall–Kier alpha value is -3.08. The van der Waals surface area contributed by atoms with Crippen molar-refractivity contribution in [2.45, 2.75) is 19.3 Å². The van der Waals surface area contributed by atoms with Crippen LogP contribution < -0.4 is 4.74 Å². The van der Waals surface area contributed by atoms with E-state index < -0.39 is 5.92 Å². The predicted octanol–water partition coefficient (Wildman–Crippen LogP) is 4.17. The highest BCUT2D eigenvalue weighted by molar-refractivity contribution is 5.98. The summed E-state index contributed by atoms with van der Waals surface area (Å²) >= 11 is 0. The molecule has 2 heterocycles. The summed E-state index contributed by atoms with van der Waals surface area (Å²) in [5, 5.41) is 1.06. The van der Waals surface area contributed by atoms with Crippen LogP contribution in [0, 0.1) is 12.7 Å². The smallest absolute Gasteiger partial charge is 0.335 e. The molecule has 1 unspecified atom stereocenters. The standard InChI is InChI=1S/C22H18FNO3/c1-11-7-13-4-3-12-8-14-10-27-22(25)19(14)20(18(12)21(13)24-11)16-6-5-15(26-2)9-17(16)23/h3-7,9,20,24H,8,10H2,1-2H3. The number of methoxy groups -OCH3 is 1. The van der Waals surface area contributed by atoms with E-state index in [1.807, 2.05) is 6.92 Å². The fourth-order valence-electron chi connectivity index (χ4n) is 4.36. The zero-order chi connectivity index (χ0) is 18.7. The highest BCUT2D eigenvalue weighted by Gasteiger charge is 2.40. The molecule has 136 valence electrons. The zero-order valence-corrected chi connectivity index (χ0v) is 15.1. The van der Waals surface area contributed by atoms with Gasteiger partial charge in [0.25, 0.3) is 0 Å². The van der Waals surface area contributed by atoms with Crippen molar-refractivity contribution < 1.29 is 18.7 Å². The lowest BCUT2D eigenvalue weighted by molar-refractivity contribution is -0.136. The SMILES string of the molecule is COc1ccc(C2C3=C(COC3=O)Cc3ccc4cc(C)[nH]c4c32)c(F)c1. The van der Waals surface area contributed by atoms with Crippen LogP contribution in [0.1, 0.15) is 28.3 Å². The summed E-state index contributed by atoms with van der Waals surface area (Å²) in [7, 11) is 1.50. The Bertz CT molecular complexity index is 1140. The number of aryl methyl sites for hydroxylation is 1. The number of aromatic amines is 1. The lowest BCUT2D eigenvalue weighted by Gasteiger charge is -2.27. The van der Waals surface area contributed by atoms with Gasteiger partial charge in [-0.05, 0) is 47.6 Å². The van der Waals surface area contributed by atoms with Crippen LogP contribution in [0.5, 0.6) is 5.75 Å². The monoisotopic (exact) mass is 363 g/mol. The lowest BCUT2D eigenvalue weighted by Crippen LogP contribution is -2.19. The van der Waals surface area contributed by atoms with E-state index in [1.165, 1.54) is 13.2 Å². The molecule has 1 N–H and O–H groups in total. The molecule has 0 radical (unpaired) electrons. The minimum Gasteiger partial charge on any atom is -0.497 e. The van der Waals surface area contributed by atoms with E-state index in [-0.39, 0.29) is 18.4 Å². The fourth-order valence-corrected chi connectivity index (χ4v) is 4.36. The number of esters is 1. The maximum Gasteiger partial charge on any atom is 0.335 e. The van der Waals surface area contributed by atoms with Crippen LogP contribution in [-0.2, 0) is 16.0 Å². The average Bonchev–Trinajstić information content (AvgIpc) is 3.22. The molecule has 1 atom stereocenters. The first kappa shape index (κ1) is 16.1. The van der Waals surface area contributed by atoms with Crippen molar-refractivity contribution in [2.75, 3.05) is 13.7 Å². The second-order valence-corrected chi connectivity index (χ2v) is 7.15. The molecular weight excluding hydrogens is 345 g/mol. The third-order valence-electron chi connectivity index (χ3n) is 5.54. The summed E-state index contributed by atoms with van der Waals surface area (Å²) in [6, 6.07) is 11.0. The molecule has 1 aliphatic heterocycles. The number of rotatable bonds is 2. The van der Waals surface area contributed by atoms with E-state index >= 15 is 4.39 Å². The lowest BCUT2D eigenvalue weighted by atomic mass is 9.74. The topological polar surface area (TPSA) is 51.3 Å². The molecule has 0 spiro atoms. The number of aromatic nitrogens is 1. The number of fused-ring (bicyclic) bond motifs is 3. The summed E-state index contributed by atoms with van der Waals surface area (Å²) in [6.45, 7) is 2.27. The molecule has 2 aliphatic rings. The Morgan fingerprint density at radius 3 is 2.85 bits per heavy atom. The van der Waals surface area contributed by atoms with Crippen LogP contribution in [0.3, 0.4) is 0 Å². The third kappa shape index (κ3) is 2.31. The van der Waals surface area contributed by atoms with Crippen LogP contribution in [-0.4, -0.2) is 24.7 Å². The number of benzene rings is 2. The van der Waals surface area contributed by atoms with Gasteiger partial charge in [-0.3, -0.25) is 0 Å². The summed E-state index contributed by atoms with van der Waals surface area (Å²) in [5.74, 6) is -0.786. The number of hydrogen-bond acceptors (Lipinski definition) is 3. The van der Waals surface area contributed by atoms with E-state index in [9.17, 15) is 4.79 Å². The first-order valence-corrected chi connectivity index (χ1v) is 8.90. The normalized spacial score (nSPS) is 18.5. The van der Waals surface area contributed by atoms with Crippen molar-refractivity contribution in [3.05, 3.63) is 75.7 Å². The number of H-pyrrole nitrogens is 1. The van der Waals surface area contributed by atoms with Crippen LogP contribution >= 0.6 is 0 Å². The van der Waals surface area contributed by atoms with Crippen LogP contribution in [0.25, 0.3) is 10.9 Å². The third-order valence-corrected chi connectivity index (χ3v) is 5.54. The van der Waals surface area contributed by atoms with Gasteiger partial charge in [-0.15, -0.1) is 0 Å². The Kier molecular flexibility index (Phi) is 3.41. The van der Waals surface area contributed by atoms with Gasteiger partial charge in [0.05, 0.1) is 18.2 Å². The Labute approximate surface area is 155 Å². The molecule has 0 bridgehead atoms. The Balaban J connectivity index is 1.82. The van der Waals surface area contributed by atoms with E-state index in [0.717, 1.165) is 33.3 Å². The molecule has 4 nitrogen and oxygen atoms in total. The predicted molar refractivity (Wildman–Crippen MR) is 99.5 cm³/mol. The van der Waals surface area contributed by atoms with Crippen molar-refractivity contribution in [1.82, 2.24) is 4.98 Å². The molecule has 0 saturated heterocycles. The van der Waals surface area contributed by atoms with Crippen LogP contribution in [0.15, 0.2) is 47.5 Å². The van der Waals surface area contributed by atoms with E-state index in [1.54, 1.807) is 12.1 Å². The Morgan fingerprint density at radius 1 is 1.22 bits per heavy atom. The van der Waals surface area contributed by atoms with Crippen LogP contribution in [0.4, 0.5) is 4.39 Å². The second kappa shape index (κ2) is 5.71. The summed E-state index contributed by atoms with van der Waals surface area (Å²) in [4.78, 5) is 15.9. The number of carbonyl (C=O) groups excluding carboxylic acids is 1. The molecule has 3 aromatic rings. The van der Waals surface area contributed by atoms with E-state index in [0.29, 0.717) is 23.3 Å². The Morgan fingerprint density at radius 2 is 2.07 bits per heavy atom. The van der Waals surface area contributed by atoms with Crippen molar-refractivity contribution in [3.63, 3.8) is 0 Å². The molecule has 0 amide bonds. The van der Waals surface area contributed by atoms with Gasteiger partial charge in [0.15, 0.2) is 0 Å². The van der Waals surface area contributed by atoms with Gasteiger partial charge in [-0.1, -0.05) is 18.2 Å². The maximum absolute atomic E-state index is 15.0. The highest BCUT2D eigenvalue weighted by atomic mass is 19.1. The van der Waals surface area contributed by atoms with Gasteiger partial charge < -0.3 is 14.5 Å². The maximum atomic E-state index is 15.0. The van der Waals surface area contributed by atoms with Crippen LogP contribution in [0.2, 0.25) is 0 Å². The van der Waals surface area contributed by atoms with E-state index in [2.05, 4.69) is 23.2 Å². The van der Waals surface area contributed by atoms with Crippen molar-refractivity contribution >= 4 is 16.9 Å².